The van der Waals surface area contributed by atoms with Gasteiger partial charge in [-0.25, -0.2) is 0 Å². The van der Waals surface area contributed by atoms with Crippen LogP contribution in [0.4, 0.5) is 0 Å². The van der Waals surface area contributed by atoms with Crippen molar-refractivity contribution in [3.8, 4) is 22.8 Å². The van der Waals surface area contributed by atoms with Gasteiger partial charge >= 0.3 is 0 Å². The molecule has 5 rings (SSSR count). The first-order valence-corrected chi connectivity index (χ1v) is 8.86. The molecule has 0 amide bonds. The summed E-state index contributed by atoms with van der Waals surface area (Å²) in [5.74, 6) is 1.32. The zero-order valence-electron chi connectivity index (χ0n) is 15.1. The molecule has 0 unspecified atom stereocenters. The smallest absolute Gasteiger partial charge is 0.232 e. The molecule has 134 valence electrons. The van der Waals surface area contributed by atoms with Crippen LogP contribution in [0.2, 0.25) is 0 Å². The van der Waals surface area contributed by atoms with Crippen molar-refractivity contribution < 1.29 is 14.3 Å². The van der Waals surface area contributed by atoms with Crippen LogP contribution in [0, 0.1) is 12.1 Å². The van der Waals surface area contributed by atoms with Crippen LogP contribution in [0.25, 0.3) is 28.2 Å². The summed E-state index contributed by atoms with van der Waals surface area (Å²) in [4.78, 5) is 16.2. The Labute approximate surface area is 162 Å². The van der Waals surface area contributed by atoms with Crippen molar-refractivity contribution in [2.45, 2.75) is 0 Å². The summed E-state index contributed by atoms with van der Waals surface area (Å²) in [5, 5.41) is 0.952. The van der Waals surface area contributed by atoms with Gasteiger partial charge in [0.15, 0.2) is 5.76 Å². The SMILES string of the molecule is COc1ccc2[nH]c(-c3ccccc3)c(/C=C3\Oc4c[c]c[c]c4C3=O)c2c1. The minimum absolute atomic E-state index is 0.180. The van der Waals surface area contributed by atoms with Crippen molar-refractivity contribution in [1.82, 2.24) is 4.98 Å². The van der Waals surface area contributed by atoms with Gasteiger partial charge < -0.3 is 14.5 Å². The van der Waals surface area contributed by atoms with Gasteiger partial charge in [-0.2, -0.15) is 0 Å². The lowest BCUT2D eigenvalue weighted by Crippen LogP contribution is -1.98. The van der Waals surface area contributed by atoms with Crippen molar-refractivity contribution in [2.75, 3.05) is 7.11 Å². The van der Waals surface area contributed by atoms with Gasteiger partial charge in [0.2, 0.25) is 5.78 Å². The summed E-state index contributed by atoms with van der Waals surface area (Å²) in [6, 6.07) is 24.9. The molecule has 0 bridgehead atoms. The second-order valence-corrected chi connectivity index (χ2v) is 6.47. The van der Waals surface area contributed by atoms with Crippen LogP contribution in [0.1, 0.15) is 15.9 Å². The number of nitrogens with one attached hydrogen (secondary N) is 1. The molecule has 28 heavy (non-hydrogen) atoms. The third-order valence-corrected chi connectivity index (χ3v) is 4.82. The number of benzene rings is 3. The first-order chi connectivity index (χ1) is 13.7. The van der Waals surface area contributed by atoms with Crippen molar-refractivity contribution in [1.29, 1.82) is 0 Å². The van der Waals surface area contributed by atoms with Crippen molar-refractivity contribution >= 4 is 22.8 Å². The Morgan fingerprint density at radius 1 is 1.14 bits per heavy atom. The third kappa shape index (κ3) is 2.58. The molecule has 0 fully saturated rings. The summed E-state index contributed by atoms with van der Waals surface area (Å²) in [5.41, 5.74) is 4.20. The monoisotopic (exact) mass is 365 g/mol. The predicted octanol–water partition coefficient (Wildman–Crippen LogP) is 5.06. The van der Waals surface area contributed by atoms with Crippen molar-refractivity contribution in [3.63, 3.8) is 0 Å². The average Bonchev–Trinajstić information content (AvgIpc) is 3.26. The maximum atomic E-state index is 12.8. The number of hydrogen-bond donors (Lipinski definition) is 1. The number of carbonyl (C=O) groups is 1. The molecule has 2 radical (unpaired) electrons. The molecule has 0 saturated heterocycles. The number of aromatic amines is 1. The second-order valence-electron chi connectivity index (χ2n) is 6.47. The van der Waals surface area contributed by atoms with E-state index in [4.69, 9.17) is 9.47 Å². The summed E-state index contributed by atoms with van der Waals surface area (Å²) in [7, 11) is 1.64. The van der Waals surface area contributed by atoms with E-state index in [0.29, 0.717) is 11.3 Å². The van der Waals surface area contributed by atoms with E-state index < -0.39 is 0 Å². The Bertz CT molecular complexity index is 1240. The minimum Gasteiger partial charge on any atom is -0.497 e. The number of hydrogen-bond acceptors (Lipinski definition) is 3. The summed E-state index contributed by atoms with van der Waals surface area (Å²) >= 11 is 0. The second kappa shape index (κ2) is 6.43. The topological polar surface area (TPSA) is 51.3 Å². The highest BCUT2D eigenvalue weighted by Crippen LogP contribution is 2.37. The number of Topliss-reactive ketones (excluding diaryl/α,β-unsaturated/α-hetero) is 1. The maximum Gasteiger partial charge on any atom is 0.232 e. The fraction of sp³-hybridized carbons (Fsp3) is 0.0417. The van der Waals surface area contributed by atoms with Gasteiger partial charge in [-0.15, -0.1) is 0 Å². The van der Waals surface area contributed by atoms with Crippen LogP contribution in [0.5, 0.6) is 11.5 Å². The molecule has 3 aromatic carbocycles. The fourth-order valence-corrected chi connectivity index (χ4v) is 3.45. The summed E-state index contributed by atoms with van der Waals surface area (Å²) < 4.78 is 11.2. The molecule has 0 saturated carbocycles. The number of ketones is 1. The molecular weight excluding hydrogens is 350 g/mol. The van der Waals surface area contributed by atoms with Gasteiger partial charge in [-0.3, -0.25) is 4.79 Å². The molecule has 4 nitrogen and oxygen atoms in total. The quantitative estimate of drug-likeness (QED) is 0.516. The van der Waals surface area contributed by atoms with E-state index in [-0.39, 0.29) is 11.5 Å². The Morgan fingerprint density at radius 3 is 2.79 bits per heavy atom. The minimum atomic E-state index is -0.180. The molecule has 1 aliphatic heterocycles. The zero-order valence-corrected chi connectivity index (χ0v) is 15.1. The van der Waals surface area contributed by atoms with Gasteiger partial charge in [0, 0.05) is 16.5 Å². The van der Waals surface area contributed by atoms with E-state index in [1.165, 1.54) is 0 Å². The summed E-state index contributed by atoms with van der Waals surface area (Å²) in [6.45, 7) is 0. The maximum absolute atomic E-state index is 12.8. The van der Waals surface area contributed by atoms with E-state index >= 15 is 0 Å². The van der Waals surface area contributed by atoms with Crippen LogP contribution in [0.3, 0.4) is 0 Å². The van der Waals surface area contributed by atoms with Crippen LogP contribution in [-0.2, 0) is 0 Å². The standard InChI is InChI=1S/C24H15NO3/c1-27-16-11-12-20-18(13-16)19(23(25-20)15-7-3-2-4-8-15)14-22-24(26)17-9-5-6-10-21(17)28-22/h2-5,7-8,10-14,25H,1H3/b22-14-. The number of fused-ring (bicyclic) bond motifs is 2. The van der Waals surface area contributed by atoms with Crippen LogP contribution in [-0.4, -0.2) is 17.9 Å². The number of ether oxygens (including phenoxy) is 2. The number of rotatable bonds is 3. The lowest BCUT2D eigenvalue weighted by Gasteiger charge is -2.03. The number of allylic oxidation sites excluding steroid dienone is 1. The molecule has 0 aliphatic carbocycles. The lowest BCUT2D eigenvalue weighted by molar-refractivity contribution is 0.101. The van der Waals surface area contributed by atoms with E-state index in [9.17, 15) is 4.79 Å². The van der Waals surface area contributed by atoms with Crippen LogP contribution in [0.15, 0.2) is 66.4 Å². The van der Waals surface area contributed by atoms with Gasteiger partial charge in [-0.05, 0) is 54.1 Å². The van der Waals surface area contributed by atoms with Crippen LogP contribution < -0.4 is 9.47 Å². The van der Waals surface area contributed by atoms with Gasteiger partial charge in [0.05, 0.1) is 18.4 Å². The predicted molar refractivity (Wildman–Crippen MR) is 107 cm³/mol. The van der Waals surface area contributed by atoms with Crippen LogP contribution >= 0.6 is 0 Å². The lowest BCUT2D eigenvalue weighted by atomic mass is 10.0. The van der Waals surface area contributed by atoms with Gasteiger partial charge in [0.25, 0.3) is 0 Å². The van der Waals surface area contributed by atoms with E-state index in [1.54, 1.807) is 25.3 Å². The van der Waals surface area contributed by atoms with E-state index in [2.05, 4.69) is 17.1 Å². The van der Waals surface area contributed by atoms with Gasteiger partial charge in [-0.1, -0.05) is 30.3 Å². The average molecular weight is 365 g/mol. The van der Waals surface area contributed by atoms with E-state index in [1.807, 2.05) is 48.5 Å². The van der Waals surface area contributed by atoms with E-state index in [0.717, 1.165) is 33.5 Å². The highest BCUT2D eigenvalue weighted by atomic mass is 16.5. The normalized spacial score (nSPS) is 14.3. The molecule has 1 aromatic heterocycles. The Hall–Kier alpha value is -3.79. The number of carbonyl (C=O) groups excluding carboxylic acids is 1. The van der Waals surface area contributed by atoms with Gasteiger partial charge in [0.1, 0.15) is 11.5 Å². The molecule has 1 N–H and O–H groups in total. The molecule has 0 spiro atoms. The first kappa shape index (κ1) is 16.4. The third-order valence-electron chi connectivity index (χ3n) is 4.82. The Kier molecular flexibility index (Phi) is 3.76. The number of methoxy groups -OCH3 is 1. The fourth-order valence-electron chi connectivity index (χ4n) is 3.45. The molecule has 4 aromatic rings. The highest BCUT2D eigenvalue weighted by Gasteiger charge is 2.28. The zero-order chi connectivity index (χ0) is 19.1. The largest absolute Gasteiger partial charge is 0.497 e. The molecule has 0 atom stereocenters. The first-order valence-electron chi connectivity index (χ1n) is 8.86. The molecule has 2 heterocycles. The van der Waals surface area contributed by atoms with Crippen molar-refractivity contribution in [3.05, 3.63) is 89.7 Å². The molecule has 4 heteroatoms. The number of aromatic nitrogens is 1. The summed E-state index contributed by atoms with van der Waals surface area (Å²) in [6.07, 6.45) is 1.79. The molecule has 1 aliphatic rings. The Morgan fingerprint density at radius 2 is 2.00 bits per heavy atom. The molecular formula is C24H15NO3. The highest BCUT2D eigenvalue weighted by molar-refractivity contribution is 6.15. The Balaban J connectivity index is 1.73. The number of H-pyrrole nitrogens is 1. The van der Waals surface area contributed by atoms with Crippen molar-refractivity contribution in [2.24, 2.45) is 0 Å².